The molecule has 0 fully saturated rings. The number of alkyl halides is 3. The van der Waals surface area contributed by atoms with Crippen molar-refractivity contribution in [3.8, 4) is 17.2 Å². The minimum atomic E-state index is -5.03. The van der Waals surface area contributed by atoms with Crippen LogP contribution in [0.15, 0.2) is 82.0 Å². The van der Waals surface area contributed by atoms with Gasteiger partial charge in [0, 0.05) is 12.1 Å². The zero-order valence-corrected chi connectivity index (χ0v) is 18.8. The van der Waals surface area contributed by atoms with Gasteiger partial charge in [-0.1, -0.05) is 31.2 Å². The highest BCUT2D eigenvalue weighted by atomic mass is 19.4. The summed E-state index contributed by atoms with van der Waals surface area (Å²) in [4.78, 5) is 25.0. The zero-order chi connectivity index (χ0) is 25.9. The normalized spacial score (nSPS) is 11.7. The van der Waals surface area contributed by atoms with Crippen molar-refractivity contribution in [2.75, 3.05) is 0 Å². The predicted molar refractivity (Wildman–Crippen MR) is 124 cm³/mol. The van der Waals surface area contributed by atoms with Gasteiger partial charge >= 0.3 is 12.1 Å². The van der Waals surface area contributed by atoms with Crippen molar-refractivity contribution >= 4 is 23.0 Å². The van der Waals surface area contributed by atoms with E-state index in [2.05, 4.69) is 0 Å². The Morgan fingerprint density at radius 3 is 2.28 bits per heavy atom. The first-order chi connectivity index (χ1) is 17.1. The van der Waals surface area contributed by atoms with Gasteiger partial charge < -0.3 is 13.9 Å². The molecule has 0 saturated heterocycles. The second-order valence-electron chi connectivity index (χ2n) is 7.65. The molecule has 0 bridgehead atoms. The van der Waals surface area contributed by atoms with Gasteiger partial charge in [-0.15, -0.1) is 0 Å². The van der Waals surface area contributed by atoms with Crippen LogP contribution in [-0.4, -0.2) is 5.97 Å². The number of rotatable bonds is 6. The topological polar surface area (TPSA) is 65.7 Å². The smallest absolute Gasteiger partial charge is 0.449 e. The van der Waals surface area contributed by atoms with Gasteiger partial charge in [0.25, 0.3) is 5.76 Å². The Morgan fingerprint density at radius 1 is 0.972 bits per heavy atom. The molecule has 1 aromatic heterocycles. The summed E-state index contributed by atoms with van der Waals surface area (Å²) >= 11 is 0. The van der Waals surface area contributed by atoms with Gasteiger partial charge in [-0.25, -0.2) is 9.18 Å². The van der Waals surface area contributed by atoms with Crippen molar-refractivity contribution in [3.63, 3.8) is 0 Å². The summed E-state index contributed by atoms with van der Waals surface area (Å²) in [6.07, 6.45) is -1.87. The maximum Gasteiger partial charge on any atom is 0.453 e. The summed E-state index contributed by atoms with van der Waals surface area (Å²) in [5, 5.41) is -0.190. The van der Waals surface area contributed by atoms with Gasteiger partial charge in [0.2, 0.25) is 11.2 Å². The molecule has 5 nitrogen and oxygen atoms in total. The Kier molecular flexibility index (Phi) is 6.91. The van der Waals surface area contributed by atoms with E-state index in [1.807, 2.05) is 6.92 Å². The predicted octanol–water partition coefficient (Wildman–Crippen LogP) is 6.92. The number of hydrogen-bond acceptors (Lipinski definition) is 5. The lowest BCUT2D eigenvalue weighted by atomic mass is 10.1. The fourth-order valence-corrected chi connectivity index (χ4v) is 3.30. The Balaban J connectivity index is 1.64. The number of halogens is 4. The van der Waals surface area contributed by atoms with Crippen LogP contribution in [0.4, 0.5) is 17.6 Å². The number of fused-ring (bicyclic) bond motifs is 1. The van der Waals surface area contributed by atoms with E-state index in [0.717, 1.165) is 24.1 Å². The maximum absolute atomic E-state index is 13.7. The summed E-state index contributed by atoms with van der Waals surface area (Å²) in [5.74, 6) is -3.98. The number of esters is 1. The van der Waals surface area contributed by atoms with Gasteiger partial charge in [-0.2, -0.15) is 13.2 Å². The summed E-state index contributed by atoms with van der Waals surface area (Å²) in [6.45, 7) is 1.92. The molecule has 0 atom stereocenters. The van der Waals surface area contributed by atoms with Crippen LogP contribution in [0.1, 0.15) is 23.8 Å². The molecule has 0 saturated carbocycles. The minimum absolute atomic E-state index is 0.0443. The molecule has 36 heavy (non-hydrogen) atoms. The highest BCUT2D eigenvalue weighted by Crippen LogP contribution is 2.38. The lowest BCUT2D eigenvalue weighted by Crippen LogP contribution is -2.15. The highest BCUT2D eigenvalue weighted by molar-refractivity contribution is 5.89. The van der Waals surface area contributed by atoms with Crippen molar-refractivity contribution in [1.29, 1.82) is 0 Å². The van der Waals surface area contributed by atoms with Crippen LogP contribution in [-0.2, 0) is 17.4 Å². The molecule has 184 valence electrons. The summed E-state index contributed by atoms with van der Waals surface area (Å²) < 4.78 is 69.6. The quantitative estimate of drug-likeness (QED) is 0.125. The first kappa shape index (κ1) is 24.7. The van der Waals surface area contributed by atoms with E-state index in [4.69, 9.17) is 13.9 Å². The molecular formula is C27H18F4O5. The SMILES string of the molecule is CCc1ccc(Oc2c(C(F)(F)F)oc3cc(OC(=O)/C=C/c4ccc(F)cc4)ccc3c2=O)cc1. The molecule has 4 aromatic rings. The standard InChI is InChI=1S/C27H18F4O5/c1-2-16-5-10-19(11-6-16)35-25-24(33)21-13-12-20(15-22(21)36-26(25)27(29,30)31)34-23(32)14-7-17-3-8-18(28)9-4-17/h3-15H,2H2,1H3/b14-7+. The fourth-order valence-electron chi connectivity index (χ4n) is 3.30. The summed E-state index contributed by atoms with van der Waals surface area (Å²) in [7, 11) is 0. The van der Waals surface area contributed by atoms with Gasteiger partial charge in [0.15, 0.2) is 0 Å². The molecule has 0 amide bonds. The van der Waals surface area contributed by atoms with E-state index in [9.17, 15) is 27.2 Å². The van der Waals surface area contributed by atoms with Crippen molar-refractivity contribution < 1.29 is 36.2 Å². The molecule has 0 unspecified atom stereocenters. The van der Waals surface area contributed by atoms with E-state index in [1.165, 1.54) is 54.6 Å². The van der Waals surface area contributed by atoms with Crippen molar-refractivity contribution in [3.05, 3.63) is 106 Å². The number of benzene rings is 3. The average Bonchev–Trinajstić information content (AvgIpc) is 2.85. The van der Waals surface area contributed by atoms with E-state index in [1.54, 1.807) is 12.1 Å². The molecule has 4 rings (SSSR count). The van der Waals surface area contributed by atoms with Gasteiger partial charge in [-0.3, -0.25) is 4.79 Å². The fraction of sp³-hybridized carbons (Fsp3) is 0.111. The molecule has 3 aromatic carbocycles. The lowest BCUT2D eigenvalue weighted by Gasteiger charge is -2.13. The third kappa shape index (κ3) is 5.63. The highest BCUT2D eigenvalue weighted by Gasteiger charge is 2.40. The second kappa shape index (κ2) is 10.1. The molecule has 0 radical (unpaired) electrons. The molecular weight excluding hydrogens is 480 g/mol. The summed E-state index contributed by atoms with van der Waals surface area (Å²) in [6, 6.07) is 15.0. The van der Waals surface area contributed by atoms with Crippen LogP contribution in [0.3, 0.4) is 0 Å². The average molecular weight is 498 g/mol. The number of ether oxygens (including phenoxy) is 2. The zero-order valence-electron chi connectivity index (χ0n) is 18.8. The van der Waals surface area contributed by atoms with E-state index < -0.39 is 40.5 Å². The van der Waals surface area contributed by atoms with E-state index in [0.29, 0.717) is 5.56 Å². The molecule has 1 heterocycles. The molecule has 0 aliphatic carbocycles. The molecule has 9 heteroatoms. The Hall–Kier alpha value is -4.40. The third-order valence-electron chi connectivity index (χ3n) is 5.13. The number of hydrogen-bond donors (Lipinski definition) is 0. The van der Waals surface area contributed by atoms with Crippen molar-refractivity contribution in [2.24, 2.45) is 0 Å². The minimum Gasteiger partial charge on any atom is -0.449 e. The molecule has 0 spiro atoms. The monoisotopic (exact) mass is 498 g/mol. The summed E-state index contributed by atoms with van der Waals surface area (Å²) in [5.41, 5.74) is 0.00844. The van der Waals surface area contributed by atoms with E-state index >= 15 is 0 Å². The molecule has 0 aliphatic heterocycles. The van der Waals surface area contributed by atoms with Gasteiger partial charge in [0.1, 0.15) is 22.9 Å². The van der Waals surface area contributed by atoms with Crippen LogP contribution in [0.5, 0.6) is 17.2 Å². The van der Waals surface area contributed by atoms with Crippen LogP contribution in [0.2, 0.25) is 0 Å². The van der Waals surface area contributed by atoms with Gasteiger partial charge in [0.05, 0.1) is 5.39 Å². The van der Waals surface area contributed by atoms with Crippen LogP contribution in [0.25, 0.3) is 17.0 Å². The Morgan fingerprint density at radius 2 is 1.64 bits per heavy atom. The third-order valence-corrected chi connectivity index (χ3v) is 5.13. The second-order valence-corrected chi connectivity index (χ2v) is 7.65. The molecule has 0 N–H and O–H groups in total. The molecule has 0 aliphatic rings. The lowest BCUT2D eigenvalue weighted by molar-refractivity contribution is -0.154. The first-order valence-corrected chi connectivity index (χ1v) is 10.7. The number of aryl methyl sites for hydroxylation is 1. The largest absolute Gasteiger partial charge is 0.453 e. The Labute approximate surface area is 202 Å². The van der Waals surface area contributed by atoms with Crippen LogP contribution >= 0.6 is 0 Å². The van der Waals surface area contributed by atoms with Crippen molar-refractivity contribution in [2.45, 2.75) is 19.5 Å². The Bertz CT molecular complexity index is 1480. The number of carbonyl (C=O) groups excluding carboxylic acids is 1. The van der Waals surface area contributed by atoms with Crippen LogP contribution in [0, 0.1) is 5.82 Å². The number of carbonyl (C=O) groups is 1. The van der Waals surface area contributed by atoms with Gasteiger partial charge in [-0.05, 0) is 60.0 Å². The first-order valence-electron chi connectivity index (χ1n) is 10.7. The van der Waals surface area contributed by atoms with Crippen LogP contribution < -0.4 is 14.9 Å². The van der Waals surface area contributed by atoms with Crippen molar-refractivity contribution in [1.82, 2.24) is 0 Å². The van der Waals surface area contributed by atoms with E-state index in [-0.39, 0.29) is 16.9 Å². The maximum atomic E-state index is 13.7.